The maximum Gasteiger partial charge on any atom is 0.418 e. The predicted molar refractivity (Wildman–Crippen MR) is 142 cm³/mol. The number of piperazine rings is 1. The van der Waals surface area contributed by atoms with E-state index in [-0.39, 0.29) is 42.3 Å². The van der Waals surface area contributed by atoms with Crippen LogP contribution < -0.4 is 10.2 Å². The molecule has 1 aromatic carbocycles. The van der Waals surface area contributed by atoms with E-state index in [9.17, 15) is 22.7 Å². The van der Waals surface area contributed by atoms with E-state index >= 15 is 4.39 Å². The minimum absolute atomic E-state index is 0.201. The van der Waals surface area contributed by atoms with Crippen molar-refractivity contribution in [1.29, 1.82) is 0 Å². The Balaban J connectivity index is 1.53. The molecule has 3 saturated heterocycles. The number of aromatic nitrogens is 2. The van der Waals surface area contributed by atoms with Gasteiger partial charge in [0.05, 0.1) is 22.3 Å². The zero-order valence-corrected chi connectivity index (χ0v) is 22.1. The van der Waals surface area contributed by atoms with Crippen LogP contribution in [0.25, 0.3) is 22.2 Å². The molecule has 210 valence electrons. The van der Waals surface area contributed by atoms with Crippen LogP contribution in [-0.2, 0) is 6.18 Å². The van der Waals surface area contributed by atoms with Crippen molar-refractivity contribution in [2.45, 2.75) is 49.7 Å². The molecule has 0 saturated carbocycles. The number of fused-ring (bicyclic) bond motifs is 3. The zero-order valence-electron chi connectivity index (χ0n) is 21.4. The molecule has 40 heavy (non-hydrogen) atoms. The number of rotatable bonds is 2. The molecule has 4 unspecified atom stereocenters. The molecule has 3 aliphatic heterocycles. The standard InChI is InChI=1S/C28H25ClF5N5O/c1-38-11-14(30)6-18(38)5-4-15-7-23(39-12-16-2-3-17(13-39)36-16)21-10-35-26(25(31)27(21)37-15)20-8-19(40)9-22(29)24(20)28(32,33)34/h7-10,14,16-18,36,40H,2-3,6,11-13H2,1H3. The van der Waals surface area contributed by atoms with Gasteiger partial charge in [-0.05, 0) is 44.0 Å². The summed E-state index contributed by atoms with van der Waals surface area (Å²) < 4.78 is 71.9. The lowest BCUT2D eigenvalue weighted by Crippen LogP contribution is -2.51. The molecule has 5 heterocycles. The Kier molecular flexibility index (Phi) is 6.76. The van der Waals surface area contributed by atoms with Crippen LogP contribution in [0, 0.1) is 17.7 Å². The Morgan fingerprint density at radius 3 is 2.50 bits per heavy atom. The van der Waals surface area contributed by atoms with E-state index in [1.807, 2.05) is 0 Å². The van der Waals surface area contributed by atoms with Crippen molar-refractivity contribution < 1.29 is 27.1 Å². The summed E-state index contributed by atoms with van der Waals surface area (Å²) in [5, 5.41) is 13.1. The van der Waals surface area contributed by atoms with Gasteiger partial charge in [0, 0.05) is 55.3 Å². The van der Waals surface area contributed by atoms with Crippen LogP contribution in [0.4, 0.5) is 27.6 Å². The summed E-state index contributed by atoms with van der Waals surface area (Å²) in [5.41, 5.74) is -2.01. The number of anilines is 1. The molecule has 6 nitrogen and oxygen atoms in total. The lowest BCUT2D eigenvalue weighted by atomic mass is 10.0. The molecule has 3 fully saturated rings. The number of hydrogen-bond donors (Lipinski definition) is 2. The number of nitrogens with zero attached hydrogens (tertiary/aromatic N) is 4. The third kappa shape index (κ3) is 4.93. The molecule has 3 aliphatic rings. The molecule has 0 spiro atoms. The molecule has 6 rings (SSSR count). The second-order valence-electron chi connectivity index (χ2n) is 10.7. The van der Waals surface area contributed by atoms with Crippen LogP contribution in [-0.4, -0.2) is 71.0 Å². The number of phenols is 1. The minimum atomic E-state index is -4.93. The van der Waals surface area contributed by atoms with Crippen molar-refractivity contribution in [1.82, 2.24) is 20.2 Å². The van der Waals surface area contributed by atoms with Crippen molar-refractivity contribution in [3.8, 4) is 28.8 Å². The number of halogens is 6. The van der Waals surface area contributed by atoms with Gasteiger partial charge < -0.3 is 15.3 Å². The van der Waals surface area contributed by atoms with Crippen molar-refractivity contribution in [2.75, 3.05) is 31.6 Å². The van der Waals surface area contributed by atoms with Crippen molar-refractivity contribution in [3.63, 3.8) is 0 Å². The Hall–Kier alpha value is -3.20. The van der Waals surface area contributed by atoms with Crippen LogP contribution in [0.5, 0.6) is 5.75 Å². The van der Waals surface area contributed by atoms with Gasteiger partial charge in [0.15, 0.2) is 5.82 Å². The van der Waals surface area contributed by atoms with Gasteiger partial charge in [-0.2, -0.15) is 13.2 Å². The quantitative estimate of drug-likeness (QED) is 0.325. The Morgan fingerprint density at radius 2 is 1.85 bits per heavy atom. The first-order chi connectivity index (χ1) is 19.0. The summed E-state index contributed by atoms with van der Waals surface area (Å²) >= 11 is 5.84. The number of phenolic OH excluding ortho intramolecular Hbond substituents is 1. The monoisotopic (exact) mass is 577 g/mol. The molecule has 2 aromatic heterocycles. The van der Waals surface area contributed by atoms with Gasteiger partial charge in [0.2, 0.25) is 0 Å². The fourth-order valence-electron chi connectivity index (χ4n) is 5.97. The second-order valence-corrected chi connectivity index (χ2v) is 11.1. The van der Waals surface area contributed by atoms with E-state index in [2.05, 4.69) is 32.0 Å². The maximum atomic E-state index is 16.2. The van der Waals surface area contributed by atoms with Crippen molar-refractivity contribution in [3.05, 3.63) is 46.5 Å². The van der Waals surface area contributed by atoms with Crippen LogP contribution in [0.15, 0.2) is 24.4 Å². The van der Waals surface area contributed by atoms with Crippen molar-refractivity contribution >= 4 is 28.2 Å². The first-order valence-electron chi connectivity index (χ1n) is 12.9. The molecule has 2 N–H and O–H groups in total. The van der Waals surface area contributed by atoms with Crippen LogP contribution >= 0.6 is 11.6 Å². The molecule has 12 heteroatoms. The average molecular weight is 578 g/mol. The SMILES string of the molecule is CN1CC(F)CC1C#Cc1cc(N2CC3CCC(C2)N3)c2cnc(-c3cc(O)cc(Cl)c3C(F)(F)F)c(F)c2n1. The number of likely N-dealkylation sites (tertiary alicyclic amines) is 1. The smallest absolute Gasteiger partial charge is 0.418 e. The number of nitrogens with one attached hydrogen (secondary N) is 1. The highest BCUT2D eigenvalue weighted by Crippen LogP contribution is 2.44. The third-order valence-electron chi connectivity index (χ3n) is 7.81. The molecule has 4 atom stereocenters. The normalized spacial score (nSPS) is 24.9. The highest BCUT2D eigenvalue weighted by atomic mass is 35.5. The molecular formula is C28H25ClF5N5O. The third-order valence-corrected chi connectivity index (χ3v) is 8.11. The number of benzene rings is 1. The van der Waals surface area contributed by atoms with E-state index in [1.54, 1.807) is 18.0 Å². The van der Waals surface area contributed by atoms with Gasteiger partial charge in [0.1, 0.15) is 28.8 Å². The lowest BCUT2D eigenvalue weighted by Gasteiger charge is -2.35. The average Bonchev–Trinajstić information content (AvgIpc) is 3.39. The molecule has 0 amide bonds. The Labute approximate surface area is 232 Å². The number of hydrogen-bond acceptors (Lipinski definition) is 6. The van der Waals surface area contributed by atoms with Gasteiger partial charge in [-0.3, -0.25) is 9.88 Å². The predicted octanol–water partition coefficient (Wildman–Crippen LogP) is 5.15. The van der Waals surface area contributed by atoms with Gasteiger partial charge in [-0.15, -0.1) is 0 Å². The largest absolute Gasteiger partial charge is 0.508 e. The highest BCUT2D eigenvalue weighted by molar-refractivity contribution is 6.32. The summed E-state index contributed by atoms with van der Waals surface area (Å²) in [7, 11) is 1.77. The number of aromatic hydroxyl groups is 1. The number of pyridine rings is 2. The Morgan fingerprint density at radius 1 is 1.12 bits per heavy atom. The van der Waals surface area contributed by atoms with Gasteiger partial charge in [-0.25, -0.2) is 13.8 Å². The zero-order chi connectivity index (χ0) is 28.3. The second kappa shape index (κ2) is 10.0. The summed E-state index contributed by atoms with van der Waals surface area (Å²) in [4.78, 5) is 12.4. The molecule has 2 bridgehead atoms. The van der Waals surface area contributed by atoms with Crippen LogP contribution in [0.2, 0.25) is 5.02 Å². The van der Waals surface area contributed by atoms with Gasteiger partial charge >= 0.3 is 6.18 Å². The summed E-state index contributed by atoms with van der Waals surface area (Å²) in [5.74, 6) is 4.31. The fourth-order valence-corrected chi connectivity index (χ4v) is 6.29. The topological polar surface area (TPSA) is 64.5 Å². The minimum Gasteiger partial charge on any atom is -0.508 e. The molecule has 0 radical (unpaired) electrons. The van der Waals surface area contributed by atoms with Gasteiger partial charge in [-0.1, -0.05) is 17.5 Å². The van der Waals surface area contributed by atoms with E-state index in [1.165, 1.54) is 6.20 Å². The summed E-state index contributed by atoms with van der Waals surface area (Å²) in [6, 6.07) is 3.44. The van der Waals surface area contributed by atoms with E-state index in [0.29, 0.717) is 24.2 Å². The molecular weight excluding hydrogens is 553 g/mol. The van der Waals surface area contributed by atoms with E-state index in [4.69, 9.17) is 11.6 Å². The van der Waals surface area contributed by atoms with E-state index < -0.39 is 45.8 Å². The van der Waals surface area contributed by atoms with Crippen LogP contribution in [0.1, 0.15) is 30.5 Å². The molecule has 0 aliphatic carbocycles. The first-order valence-corrected chi connectivity index (χ1v) is 13.3. The number of alkyl halides is 4. The van der Waals surface area contributed by atoms with Crippen molar-refractivity contribution in [2.24, 2.45) is 0 Å². The highest BCUT2D eigenvalue weighted by Gasteiger charge is 2.38. The molecule has 3 aromatic rings. The first kappa shape index (κ1) is 27.0. The van der Waals surface area contributed by atoms with E-state index in [0.717, 1.165) is 25.0 Å². The van der Waals surface area contributed by atoms with Crippen LogP contribution in [0.3, 0.4) is 0 Å². The fraction of sp³-hybridized carbons (Fsp3) is 0.429. The maximum absolute atomic E-state index is 16.2. The summed E-state index contributed by atoms with van der Waals surface area (Å²) in [6.07, 6.45) is -2.38. The summed E-state index contributed by atoms with van der Waals surface area (Å²) in [6.45, 7) is 1.57. The van der Waals surface area contributed by atoms with Gasteiger partial charge in [0.25, 0.3) is 0 Å². The Bertz CT molecular complexity index is 1540. The lowest BCUT2D eigenvalue weighted by molar-refractivity contribution is -0.137.